The number of hydrogen-bond donors (Lipinski definition) is 0. The molecule has 28 heavy (non-hydrogen) atoms. The number of piperazine rings is 2. The Bertz CT molecular complexity index is 791. The minimum absolute atomic E-state index is 0.867. The third-order valence-electron chi connectivity index (χ3n) is 5.92. The van der Waals surface area contributed by atoms with Crippen LogP contribution in [0.4, 0.5) is 17.3 Å². The first-order chi connectivity index (χ1) is 13.6. The lowest BCUT2D eigenvalue weighted by Crippen LogP contribution is -2.47. The van der Waals surface area contributed by atoms with E-state index >= 15 is 0 Å². The van der Waals surface area contributed by atoms with Crippen molar-refractivity contribution in [2.75, 3.05) is 73.6 Å². The molecule has 6 nitrogen and oxygen atoms in total. The van der Waals surface area contributed by atoms with Crippen LogP contribution in [0, 0.1) is 13.8 Å². The fourth-order valence-electron chi connectivity index (χ4n) is 4.17. The maximum Gasteiger partial charge on any atom is 0.134 e. The summed E-state index contributed by atoms with van der Waals surface area (Å²) >= 11 is 0. The van der Waals surface area contributed by atoms with Gasteiger partial charge >= 0.3 is 0 Å². The summed E-state index contributed by atoms with van der Waals surface area (Å²) in [6.45, 7) is 15.9. The number of anilines is 3. The van der Waals surface area contributed by atoms with E-state index in [2.05, 4.69) is 63.8 Å². The van der Waals surface area contributed by atoms with Gasteiger partial charge in [-0.1, -0.05) is 19.1 Å². The molecule has 150 valence electrons. The van der Waals surface area contributed by atoms with Crippen molar-refractivity contribution in [3.05, 3.63) is 41.7 Å². The van der Waals surface area contributed by atoms with E-state index in [4.69, 9.17) is 9.97 Å². The molecule has 0 saturated carbocycles. The van der Waals surface area contributed by atoms with Gasteiger partial charge in [-0.05, 0) is 38.1 Å². The number of likely N-dealkylation sites (N-methyl/N-ethyl adjacent to an activating group) is 1. The number of hydrogen-bond acceptors (Lipinski definition) is 6. The van der Waals surface area contributed by atoms with Crippen molar-refractivity contribution in [1.29, 1.82) is 0 Å². The van der Waals surface area contributed by atoms with E-state index in [0.29, 0.717) is 0 Å². The van der Waals surface area contributed by atoms with Crippen molar-refractivity contribution in [3.63, 3.8) is 0 Å². The topological polar surface area (TPSA) is 38.7 Å². The average molecular weight is 381 g/mol. The number of benzene rings is 1. The van der Waals surface area contributed by atoms with E-state index in [-0.39, 0.29) is 0 Å². The summed E-state index contributed by atoms with van der Waals surface area (Å²) in [7, 11) is 0. The maximum atomic E-state index is 4.75. The predicted octanol–water partition coefficient (Wildman–Crippen LogP) is 2.56. The highest BCUT2D eigenvalue weighted by atomic mass is 15.3. The molecule has 1 aromatic carbocycles. The van der Waals surface area contributed by atoms with Gasteiger partial charge in [0.05, 0.1) is 0 Å². The highest BCUT2D eigenvalue weighted by Gasteiger charge is 2.22. The zero-order valence-corrected chi connectivity index (χ0v) is 17.4. The highest BCUT2D eigenvalue weighted by Crippen LogP contribution is 2.23. The minimum Gasteiger partial charge on any atom is -0.368 e. The van der Waals surface area contributed by atoms with Crippen molar-refractivity contribution < 1.29 is 0 Å². The quantitative estimate of drug-likeness (QED) is 0.812. The summed E-state index contributed by atoms with van der Waals surface area (Å²) in [5, 5.41) is 0. The second kappa shape index (κ2) is 8.35. The summed E-state index contributed by atoms with van der Waals surface area (Å²) in [5.41, 5.74) is 2.65. The number of nitrogens with zero attached hydrogens (tertiary/aromatic N) is 6. The van der Waals surface area contributed by atoms with E-state index in [1.807, 2.05) is 6.92 Å². The zero-order valence-electron chi connectivity index (χ0n) is 17.4. The summed E-state index contributed by atoms with van der Waals surface area (Å²) in [6.07, 6.45) is 0. The van der Waals surface area contributed by atoms with E-state index in [1.54, 1.807) is 0 Å². The Hall–Kier alpha value is -2.34. The lowest BCUT2D eigenvalue weighted by Gasteiger charge is -2.38. The van der Waals surface area contributed by atoms with E-state index < -0.39 is 0 Å². The maximum absolute atomic E-state index is 4.75. The molecule has 0 aliphatic carbocycles. The van der Waals surface area contributed by atoms with Crippen LogP contribution in [0.1, 0.15) is 18.3 Å². The third kappa shape index (κ3) is 4.22. The largest absolute Gasteiger partial charge is 0.368 e. The molecule has 2 aliphatic heterocycles. The van der Waals surface area contributed by atoms with Gasteiger partial charge < -0.3 is 19.6 Å². The Morgan fingerprint density at radius 3 is 1.89 bits per heavy atom. The number of aryl methyl sites for hydroxylation is 2. The molecule has 1 aromatic heterocycles. The molecule has 0 N–H and O–H groups in total. The van der Waals surface area contributed by atoms with E-state index in [9.17, 15) is 0 Å². The second-order valence-corrected chi connectivity index (χ2v) is 7.87. The molecule has 0 bridgehead atoms. The van der Waals surface area contributed by atoms with Crippen LogP contribution in [0.15, 0.2) is 30.3 Å². The molecular formula is C22H32N6. The fraction of sp³-hybridized carbons (Fsp3) is 0.545. The van der Waals surface area contributed by atoms with Crippen molar-refractivity contribution >= 4 is 17.3 Å². The van der Waals surface area contributed by atoms with Crippen LogP contribution in [-0.4, -0.2) is 73.8 Å². The fourth-order valence-corrected chi connectivity index (χ4v) is 4.17. The van der Waals surface area contributed by atoms with Crippen molar-refractivity contribution in [1.82, 2.24) is 14.9 Å². The molecule has 4 rings (SSSR count). The summed E-state index contributed by atoms with van der Waals surface area (Å²) in [4.78, 5) is 19.3. The monoisotopic (exact) mass is 380 g/mol. The molecule has 3 heterocycles. The van der Waals surface area contributed by atoms with Crippen molar-refractivity contribution in [3.8, 4) is 0 Å². The standard InChI is InChI=1S/C22H32N6/c1-4-25-8-10-27(11-9-25)21-17-22(24-19(3)23-21)28-14-12-26(13-15-28)20-7-5-6-18(2)16-20/h5-7,16-17H,4,8-15H2,1-3H3. The van der Waals surface area contributed by atoms with Crippen LogP contribution in [0.2, 0.25) is 0 Å². The zero-order chi connectivity index (χ0) is 19.5. The van der Waals surface area contributed by atoms with Crippen LogP contribution in [0.25, 0.3) is 0 Å². The molecule has 6 heteroatoms. The summed E-state index contributed by atoms with van der Waals surface area (Å²) < 4.78 is 0. The van der Waals surface area contributed by atoms with Gasteiger partial charge in [-0.25, -0.2) is 9.97 Å². The van der Waals surface area contributed by atoms with Gasteiger partial charge in [-0.15, -0.1) is 0 Å². The first kappa shape index (κ1) is 19.0. The first-order valence-corrected chi connectivity index (χ1v) is 10.5. The van der Waals surface area contributed by atoms with Crippen LogP contribution in [-0.2, 0) is 0 Å². The van der Waals surface area contributed by atoms with E-state index in [0.717, 1.165) is 76.4 Å². The predicted molar refractivity (Wildman–Crippen MR) is 117 cm³/mol. The number of rotatable bonds is 4. The smallest absolute Gasteiger partial charge is 0.134 e. The van der Waals surface area contributed by atoms with Gasteiger partial charge in [0, 0.05) is 64.1 Å². The first-order valence-electron chi connectivity index (χ1n) is 10.5. The van der Waals surface area contributed by atoms with Crippen molar-refractivity contribution in [2.45, 2.75) is 20.8 Å². The van der Waals surface area contributed by atoms with E-state index in [1.165, 1.54) is 11.3 Å². The molecule has 0 unspecified atom stereocenters. The second-order valence-electron chi connectivity index (χ2n) is 7.87. The molecule has 2 aliphatic rings. The third-order valence-corrected chi connectivity index (χ3v) is 5.92. The van der Waals surface area contributed by atoms with Gasteiger partial charge in [-0.3, -0.25) is 0 Å². The summed E-state index contributed by atoms with van der Waals surface area (Å²) in [6, 6.07) is 11.0. The Kier molecular flexibility index (Phi) is 5.67. The number of aromatic nitrogens is 2. The highest BCUT2D eigenvalue weighted by molar-refractivity contribution is 5.54. The van der Waals surface area contributed by atoms with Crippen LogP contribution in [0.3, 0.4) is 0 Å². The van der Waals surface area contributed by atoms with Crippen molar-refractivity contribution in [2.24, 2.45) is 0 Å². The van der Waals surface area contributed by atoms with Gasteiger partial charge in [-0.2, -0.15) is 0 Å². The normalized spacial score (nSPS) is 18.6. The molecule has 2 fully saturated rings. The Morgan fingerprint density at radius 2 is 1.32 bits per heavy atom. The lowest BCUT2D eigenvalue weighted by atomic mass is 10.2. The minimum atomic E-state index is 0.867. The van der Waals surface area contributed by atoms with Crippen LogP contribution in [0.5, 0.6) is 0 Å². The molecule has 0 atom stereocenters. The van der Waals surface area contributed by atoms with Crippen LogP contribution >= 0.6 is 0 Å². The lowest BCUT2D eigenvalue weighted by molar-refractivity contribution is 0.270. The SMILES string of the molecule is CCN1CCN(c2cc(N3CCN(c4cccc(C)c4)CC3)nc(C)n2)CC1. The molecule has 0 radical (unpaired) electrons. The molecule has 0 spiro atoms. The Labute approximate surface area is 168 Å². The Balaban J connectivity index is 1.43. The molecule has 2 saturated heterocycles. The molecule has 0 amide bonds. The molecule has 2 aromatic rings. The van der Waals surface area contributed by atoms with Gasteiger partial charge in [0.15, 0.2) is 0 Å². The average Bonchev–Trinajstić information content (AvgIpc) is 2.73. The van der Waals surface area contributed by atoms with Crippen LogP contribution < -0.4 is 14.7 Å². The van der Waals surface area contributed by atoms with Gasteiger partial charge in [0.25, 0.3) is 0 Å². The van der Waals surface area contributed by atoms with Gasteiger partial charge in [0.1, 0.15) is 17.5 Å². The Morgan fingerprint density at radius 1 is 0.750 bits per heavy atom. The molecular weight excluding hydrogens is 348 g/mol. The summed E-state index contributed by atoms with van der Waals surface area (Å²) in [5.74, 6) is 3.02. The van der Waals surface area contributed by atoms with Gasteiger partial charge in [0.2, 0.25) is 0 Å².